The quantitative estimate of drug-likeness (QED) is 0.689. The Hall–Kier alpha value is -0.160. The Labute approximate surface area is 109 Å². The molecule has 104 valence electrons. The molecule has 3 N–H and O–H groups in total. The van der Waals surface area contributed by atoms with Crippen molar-refractivity contribution in [2.24, 2.45) is 5.92 Å². The van der Waals surface area contributed by atoms with Gasteiger partial charge >= 0.3 is 0 Å². The molecule has 3 rings (SSSR count). The van der Waals surface area contributed by atoms with Gasteiger partial charge < -0.3 is 20.5 Å². The summed E-state index contributed by atoms with van der Waals surface area (Å²) >= 11 is 0. The summed E-state index contributed by atoms with van der Waals surface area (Å²) in [7, 11) is 0. The molecule has 3 fully saturated rings. The molecule has 0 aromatic carbocycles. The zero-order valence-corrected chi connectivity index (χ0v) is 11.2. The van der Waals surface area contributed by atoms with Crippen molar-refractivity contribution in [2.75, 3.05) is 26.3 Å². The smallest absolute Gasteiger partial charge is 0.102 e. The Kier molecular flexibility index (Phi) is 3.89. The molecule has 2 heterocycles. The molecule has 1 aliphatic carbocycles. The minimum Gasteiger partial charge on any atom is -0.386 e. The maximum Gasteiger partial charge on any atom is 0.102 e. The summed E-state index contributed by atoms with van der Waals surface area (Å²) in [5.74, 6) is 0.762. The third kappa shape index (κ3) is 2.72. The van der Waals surface area contributed by atoms with Gasteiger partial charge in [0.2, 0.25) is 0 Å². The van der Waals surface area contributed by atoms with E-state index in [1.165, 1.54) is 38.6 Å². The molecule has 0 bridgehead atoms. The van der Waals surface area contributed by atoms with Crippen molar-refractivity contribution in [1.29, 1.82) is 0 Å². The highest BCUT2D eigenvalue weighted by molar-refractivity contribution is 4.95. The van der Waals surface area contributed by atoms with Crippen LogP contribution in [0, 0.1) is 5.92 Å². The van der Waals surface area contributed by atoms with Crippen LogP contribution in [0.2, 0.25) is 0 Å². The van der Waals surface area contributed by atoms with Gasteiger partial charge in [0.05, 0.1) is 6.61 Å². The maximum atomic E-state index is 10.3. The molecule has 0 aromatic rings. The zero-order valence-electron chi connectivity index (χ0n) is 11.2. The van der Waals surface area contributed by atoms with Crippen molar-refractivity contribution in [3.8, 4) is 0 Å². The number of rotatable bonds is 4. The van der Waals surface area contributed by atoms with E-state index < -0.39 is 5.60 Å². The highest BCUT2D eigenvalue weighted by atomic mass is 16.5. The molecule has 4 nitrogen and oxygen atoms in total. The molecule has 18 heavy (non-hydrogen) atoms. The fourth-order valence-electron chi connectivity index (χ4n) is 3.86. The van der Waals surface area contributed by atoms with E-state index in [-0.39, 0.29) is 0 Å². The van der Waals surface area contributed by atoms with Crippen molar-refractivity contribution in [3.05, 3.63) is 0 Å². The minimum absolute atomic E-state index is 0.499. The molecule has 2 aliphatic heterocycles. The molecule has 0 amide bonds. The largest absolute Gasteiger partial charge is 0.386 e. The Morgan fingerprint density at radius 1 is 1.28 bits per heavy atom. The number of hydrogen-bond donors (Lipinski definition) is 3. The van der Waals surface area contributed by atoms with Gasteiger partial charge in [0.25, 0.3) is 0 Å². The van der Waals surface area contributed by atoms with Crippen molar-refractivity contribution >= 4 is 0 Å². The van der Waals surface area contributed by atoms with E-state index in [9.17, 15) is 5.11 Å². The van der Waals surface area contributed by atoms with E-state index >= 15 is 0 Å². The predicted molar refractivity (Wildman–Crippen MR) is 70.5 cm³/mol. The first-order chi connectivity index (χ1) is 8.77. The Bertz CT molecular complexity index is 273. The number of ether oxygens (including phenoxy) is 1. The van der Waals surface area contributed by atoms with Gasteiger partial charge in [0.1, 0.15) is 5.60 Å². The predicted octanol–water partition coefficient (Wildman–Crippen LogP) is 0.648. The second-order valence-electron chi connectivity index (χ2n) is 6.31. The van der Waals surface area contributed by atoms with Crippen LogP contribution in [0.4, 0.5) is 0 Å². The standard InChI is InChI=1S/C14H26N2O2/c17-14(6-8-18-10-14)9-16-13-4-1-3-11(13)12-5-2-7-15-12/h11-13,15-17H,1-10H2. The van der Waals surface area contributed by atoms with E-state index in [0.29, 0.717) is 31.8 Å². The van der Waals surface area contributed by atoms with E-state index in [1.54, 1.807) is 0 Å². The number of hydrogen-bond acceptors (Lipinski definition) is 4. The SMILES string of the molecule is OC1(CNC2CCCC2C2CCCN2)CCOC1. The third-order valence-electron chi connectivity index (χ3n) is 4.96. The average molecular weight is 254 g/mol. The summed E-state index contributed by atoms with van der Waals surface area (Å²) in [6.07, 6.45) is 7.36. The van der Waals surface area contributed by atoms with Crippen LogP contribution < -0.4 is 10.6 Å². The lowest BCUT2D eigenvalue weighted by atomic mass is 9.92. The van der Waals surface area contributed by atoms with Crippen molar-refractivity contribution < 1.29 is 9.84 Å². The van der Waals surface area contributed by atoms with E-state index in [2.05, 4.69) is 10.6 Å². The minimum atomic E-state index is -0.615. The summed E-state index contributed by atoms with van der Waals surface area (Å²) in [5, 5.41) is 17.6. The van der Waals surface area contributed by atoms with Gasteiger partial charge in [-0.1, -0.05) is 6.42 Å². The van der Waals surface area contributed by atoms with Crippen LogP contribution in [-0.2, 0) is 4.74 Å². The monoisotopic (exact) mass is 254 g/mol. The van der Waals surface area contributed by atoms with Crippen LogP contribution in [0.25, 0.3) is 0 Å². The van der Waals surface area contributed by atoms with Crippen LogP contribution >= 0.6 is 0 Å². The van der Waals surface area contributed by atoms with E-state index in [4.69, 9.17) is 4.74 Å². The fourth-order valence-corrected chi connectivity index (χ4v) is 3.86. The molecule has 1 saturated carbocycles. The van der Waals surface area contributed by atoms with Gasteiger partial charge in [-0.2, -0.15) is 0 Å². The molecule has 0 spiro atoms. The molecule has 3 aliphatic rings. The number of aliphatic hydroxyl groups is 1. The van der Waals surface area contributed by atoms with Crippen molar-refractivity contribution in [3.63, 3.8) is 0 Å². The Morgan fingerprint density at radius 3 is 2.94 bits per heavy atom. The second kappa shape index (κ2) is 5.45. The lowest BCUT2D eigenvalue weighted by Gasteiger charge is -2.30. The Morgan fingerprint density at radius 2 is 2.22 bits per heavy atom. The molecular weight excluding hydrogens is 228 g/mol. The maximum absolute atomic E-state index is 10.3. The fraction of sp³-hybridized carbons (Fsp3) is 1.00. The summed E-state index contributed by atoms with van der Waals surface area (Å²) in [6, 6.07) is 1.30. The lowest BCUT2D eigenvalue weighted by molar-refractivity contribution is 0.0233. The lowest BCUT2D eigenvalue weighted by Crippen LogP contribution is -2.49. The molecule has 0 aromatic heterocycles. The van der Waals surface area contributed by atoms with Crippen molar-refractivity contribution in [2.45, 2.75) is 56.2 Å². The highest BCUT2D eigenvalue weighted by Crippen LogP contribution is 2.32. The van der Waals surface area contributed by atoms with Crippen LogP contribution in [0.15, 0.2) is 0 Å². The molecule has 0 radical (unpaired) electrons. The summed E-state index contributed by atoms with van der Waals surface area (Å²) < 4.78 is 5.30. The van der Waals surface area contributed by atoms with Crippen LogP contribution in [0.5, 0.6) is 0 Å². The van der Waals surface area contributed by atoms with Gasteiger partial charge in [-0.25, -0.2) is 0 Å². The first kappa shape index (κ1) is 12.9. The average Bonchev–Trinajstić information content (AvgIpc) is 3.08. The molecule has 4 unspecified atom stereocenters. The van der Waals surface area contributed by atoms with Gasteiger partial charge in [0.15, 0.2) is 0 Å². The summed E-state index contributed by atoms with van der Waals surface area (Å²) in [5.41, 5.74) is -0.615. The number of nitrogens with one attached hydrogen (secondary N) is 2. The molecule has 2 saturated heterocycles. The zero-order chi connectivity index (χ0) is 12.4. The Balaban J connectivity index is 1.51. The van der Waals surface area contributed by atoms with Crippen molar-refractivity contribution in [1.82, 2.24) is 10.6 Å². The van der Waals surface area contributed by atoms with Gasteiger partial charge in [-0.3, -0.25) is 0 Å². The highest BCUT2D eigenvalue weighted by Gasteiger charge is 2.37. The first-order valence-corrected chi connectivity index (χ1v) is 7.54. The van der Waals surface area contributed by atoms with Crippen LogP contribution in [0.3, 0.4) is 0 Å². The normalized spacial score (nSPS) is 44.8. The summed E-state index contributed by atoms with van der Waals surface area (Å²) in [6.45, 7) is 3.09. The second-order valence-corrected chi connectivity index (χ2v) is 6.31. The van der Waals surface area contributed by atoms with Gasteiger partial charge in [-0.05, 0) is 38.1 Å². The molecular formula is C14H26N2O2. The molecule has 4 atom stereocenters. The summed E-state index contributed by atoms with van der Waals surface area (Å²) in [4.78, 5) is 0. The topological polar surface area (TPSA) is 53.5 Å². The van der Waals surface area contributed by atoms with E-state index in [1.807, 2.05) is 0 Å². The first-order valence-electron chi connectivity index (χ1n) is 7.54. The van der Waals surface area contributed by atoms with Crippen LogP contribution in [-0.4, -0.2) is 49.1 Å². The molecule has 4 heteroatoms. The van der Waals surface area contributed by atoms with Crippen LogP contribution in [0.1, 0.15) is 38.5 Å². The van der Waals surface area contributed by atoms with Gasteiger partial charge in [-0.15, -0.1) is 0 Å². The third-order valence-corrected chi connectivity index (χ3v) is 4.96. The van der Waals surface area contributed by atoms with E-state index in [0.717, 1.165) is 12.3 Å². The van der Waals surface area contributed by atoms with Gasteiger partial charge in [0, 0.05) is 31.7 Å².